The van der Waals surface area contributed by atoms with Gasteiger partial charge in [-0.1, -0.05) is 31.5 Å². The lowest BCUT2D eigenvalue weighted by Crippen LogP contribution is -2.01. The lowest BCUT2D eigenvalue weighted by atomic mass is 10.2. The highest BCUT2D eigenvalue weighted by Crippen LogP contribution is 2.15. The number of nitrogens with one attached hydrogen (secondary N) is 1. The van der Waals surface area contributed by atoms with Gasteiger partial charge in [0.2, 0.25) is 0 Å². The minimum absolute atomic E-state index is 0.988. The second kappa shape index (κ2) is 4.78. The molecule has 0 spiro atoms. The fraction of sp³-hybridized carbons (Fsp3) is 0.308. The lowest BCUT2D eigenvalue weighted by Gasteiger charge is -2.05. The zero-order valence-electron chi connectivity index (χ0n) is 8.96. The molecule has 0 aliphatic carbocycles. The van der Waals surface area contributed by atoms with Crippen LogP contribution in [0.25, 0.3) is 10.9 Å². The van der Waals surface area contributed by atoms with E-state index < -0.39 is 0 Å². The van der Waals surface area contributed by atoms with Crippen LogP contribution < -0.4 is 5.32 Å². The maximum Gasteiger partial charge on any atom is 0.115 e. The van der Waals surface area contributed by atoms with Crippen LogP contribution >= 0.6 is 0 Å². The summed E-state index contributed by atoms with van der Waals surface area (Å²) in [4.78, 5) is 4.27. The Hall–Kier alpha value is -1.57. The molecule has 0 unspecified atom stereocenters. The Morgan fingerprint density at radius 2 is 2.20 bits per heavy atom. The van der Waals surface area contributed by atoms with Crippen molar-refractivity contribution in [2.45, 2.75) is 19.8 Å². The molecule has 0 fully saturated rings. The molecular weight excluding hydrogens is 184 g/mol. The zero-order valence-corrected chi connectivity index (χ0v) is 8.96. The van der Waals surface area contributed by atoms with E-state index >= 15 is 0 Å². The summed E-state index contributed by atoms with van der Waals surface area (Å²) in [6.45, 7) is 3.18. The van der Waals surface area contributed by atoms with E-state index in [1.165, 1.54) is 12.8 Å². The predicted octanol–water partition coefficient (Wildman–Crippen LogP) is 3.25. The molecule has 0 aliphatic rings. The van der Waals surface area contributed by atoms with Crippen LogP contribution in [0.15, 0.2) is 30.3 Å². The van der Waals surface area contributed by atoms with Gasteiger partial charge in [-0.25, -0.2) is 4.98 Å². The number of anilines is 1. The first kappa shape index (κ1) is 9.97. The molecule has 77 valence electrons. The molecule has 1 aromatic carbocycles. The highest BCUT2D eigenvalue weighted by Gasteiger charge is 1.96. The number of fused-ring (bicyclic) bond motifs is 1. The maximum atomic E-state index is 4.27. The van der Waals surface area contributed by atoms with Crippen LogP contribution in [0.5, 0.6) is 0 Å². The highest BCUT2D eigenvalue weighted by atomic mass is 14.9. The van der Waals surface area contributed by atoms with Crippen molar-refractivity contribution in [3.8, 4) is 0 Å². The molecule has 1 aromatic heterocycles. The van der Waals surface area contributed by atoms with Crippen molar-refractivity contribution in [3.63, 3.8) is 0 Å². The summed E-state index contributed by atoms with van der Waals surface area (Å²) in [6, 6.07) is 10.2. The van der Waals surface area contributed by atoms with Gasteiger partial charge in [-0.15, -0.1) is 0 Å². The van der Waals surface area contributed by atoms with Crippen molar-refractivity contribution in [2.75, 3.05) is 11.9 Å². The second-order valence-electron chi connectivity index (χ2n) is 3.62. The molecule has 1 heterocycles. The lowest BCUT2D eigenvalue weighted by molar-refractivity contribution is 0.834. The summed E-state index contributed by atoms with van der Waals surface area (Å²) in [7, 11) is 0. The minimum Gasteiger partial charge on any atom is -0.383 e. The van der Waals surface area contributed by atoms with Gasteiger partial charge >= 0.3 is 0 Å². The van der Waals surface area contributed by atoms with E-state index in [4.69, 9.17) is 0 Å². The van der Waals surface area contributed by atoms with E-state index in [9.17, 15) is 0 Å². The molecular formula is C13H15N2. The monoisotopic (exact) mass is 199 g/mol. The van der Waals surface area contributed by atoms with E-state index in [2.05, 4.69) is 35.6 Å². The predicted molar refractivity (Wildman–Crippen MR) is 64.0 cm³/mol. The van der Waals surface area contributed by atoms with Crippen molar-refractivity contribution < 1.29 is 0 Å². The molecule has 2 rings (SSSR count). The van der Waals surface area contributed by atoms with Crippen LogP contribution in [0.4, 0.5) is 5.69 Å². The van der Waals surface area contributed by atoms with Crippen molar-refractivity contribution in [1.29, 1.82) is 0 Å². The first-order valence-electron chi connectivity index (χ1n) is 5.41. The number of benzene rings is 1. The molecule has 2 aromatic rings. The number of hydrogen-bond acceptors (Lipinski definition) is 2. The Morgan fingerprint density at radius 1 is 1.33 bits per heavy atom. The smallest absolute Gasteiger partial charge is 0.115 e. The van der Waals surface area contributed by atoms with Crippen LogP contribution in [0.3, 0.4) is 0 Å². The summed E-state index contributed by atoms with van der Waals surface area (Å²) < 4.78 is 0. The third kappa shape index (κ3) is 2.46. The maximum absolute atomic E-state index is 4.27. The van der Waals surface area contributed by atoms with Crippen LogP contribution in [0.1, 0.15) is 19.8 Å². The largest absolute Gasteiger partial charge is 0.383 e. The van der Waals surface area contributed by atoms with Gasteiger partial charge in [0.05, 0.1) is 11.2 Å². The van der Waals surface area contributed by atoms with Gasteiger partial charge in [-0.3, -0.25) is 0 Å². The fourth-order valence-corrected chi connectivity index (χ4v) is 1.51. The van der Waals surface area contributed by atoms with E-state index in [-0.39, 0.29) is 0 Å². The number of pyridine rings is 1. The molecule has 1 radical (unpaired) electrons. The molecule has 0 saturated carbocycles. The number of hydrogen-bond donors (Lipinski definition) is 1. The van der Waals surface area contributed by atoms with Crippen molar-refractivity contribution in [2.24, 2.45) is 0 Å². The molecule has 0 amide bonds. The standard InChI is InChI=1S/C13H15N2/c1-2-3-8-14-12-9-11-6-4-5-7-13(11)15-10-12/h4-7,9,14H,2-3,8H2,1H3. The van der Waals surface area contributed by atoms with E-state index in [0.29, 0.717) is 0 Å². The fourth-order valence-electron chi connectivity index (χ4n) is 1.51. The molecule has 0 saturated heterocycles. The Bertz CT molecular complexity index is 437. The summed E-state index contributed by atoms with van der Waals surface area (Å²) in [5.41, 5.74) is 1.99. The Balaban J connectivity index is 2.16. The van der Waals surface area contributed by atoms with Gasteiger partial charge < -0.3 is 5.32 Å². The first-order chi connectivity index (χ1) is 7.40. The van der Waals surface area contributed by atoms with Gasteiger partial charge in [0, 0.05) is 11.9 Å². The molecule has 2 heteroatoms. The van der Waals surface area contributed by atoms with Crippen molar-refractivity contribution >= 4 is 16.6 Å². The Morgan fingerprint density at radius 3 is 3.07 bits per heavy atom. The van der Waals surface area contributed by atoms with Crippen LogP contribution in [0, 0.1) is 6.20 Å². The number of rotatable bonds is 4. The molecule has 0 aliphatic heterocycles. The number of nitrogens with zero attached hydrogens (tertiary/aromatic N) is 1. The minimum atomic E-state index is 0.988. The van der Waals surface area contributed by atoms with Gasteiger partial charge in [-0.05, 0) is 18.6 Å². The summed E-state index contributed by atoms with van der Waals surface area (Å²) in [6.07, 6.45) is 5.39. The van der Waals surface area contributed by atoms with Gasteiger partial charge in [0.25, 0.3) is 0 Å². The number of aromatic nitrogens is 1. The van der Waals surface area contributed by atoms with Crippen molar-refractivity contribution in [3.05, 3.63) is 36.5 Å². The van der Waals surface area contributed by atoms with E-state index in [0.717, 1.165) is 23.1 Å². The molecule has 0 atom stereocenters. The number of unbranched alkanes of at least 4 members (excludes halogenated alkanes) is 1. The highest BCUT2D eigenvalue weighted by molar-refractivity contribution is 5.81. The summed E-state index contributed by atoms with van der Waals surface area (Å²) in [5.74, 6) is 0. The summed E-state index contributed by atoms with van der Waals surface area (Å²) >= 11 is 0. The van der Waals surface area contributed by atoms with Crippen LogP contribution in [-0.4, -0.2) is 11.5 Å². The quantitative estimate of drug-likeness (QED) is 0.764. The van der Waals surface area contributed by atoms with Gasteiger partial charge in [0.1, 0.15) is 6.20 Å². The SMILES string of the molecule is CCCCNc1[c]nc2ccccc2c1. The van der Waals surface area contributed by atoms with Gasteiger partial charge in [0.15, 0.2) is 0 Å². The molecule has 1 N–H and O–H groups in total. The Kier molecular flexibility index (Phi) is 3.18. The van der Waals surface area contributed by atoms with Crippen LogP contribution in [0.2, 0.25) is 0 Å². The third-order valence-electron chi connectivity index (χ3n) is 2.38. The van der Waals surface area contributed by atoms with Gasteiger partial charge in [-0.2, -0.15) is 0 Å². The average Bonchev–Trinajstić information content (AvgIpc) is 2.29. The third-order valence-corrected chi connectivity index (χ3v) is 2.38. The normalized spacial score (nSPS) is 10.5. The Labute approximate surface area is 90.3 Å². The topological polar surface area (TPSA) is 24.9 Å². The first-order valence-corrected chi connectivity index (χ1v) is 5.41. The van der Waals surface area contributed by atoms with E-state index in [1.54, 1.807) is 0 Å². The molecule has 0 bridgehead atoms. The molecule has 15 heavy (non-hydrogen) atoms. The second-order valence-corrected chi connectivity index (χ2v) is 3.62. The molecule has 2 nitrogen and oxygen atoms in total. The zero-order chi connectivity index (χ0) is 10.5. The van der Waals surface area contributed by atoms with Crippen LogP contribution in [-0.2, 0) is 0 Å². The van der Waals surface area contributed by atoms with E-state index in [1.807, 2.05) is 18.2 Å². The number of para-hydroxylation sites is 1. The average molecular weight is 199 g/mol. The van der Waals surface area contributed by atoms with Crippen molar-refractivity contribution in [1.82, 2.24) is 4.98 Å². The summed E-state index contributed by atoms with van der Waals surface area (Å²) in [5, 5.41) is 4.48.